The lowest BCUT2D eigenvalue weighted by atomic mass is 10.00. The zero-order valence-corrected chi connectivity index (χ0v) is 13.8. The van der Waals surface area contributed by atoms with E-state index in [0.29, 0.717) is 33.4 Å². The lowest BCUT2D eigenvalue weighted by Crippen LogP contribution is -2.12. The van der Waals surface area contributed by atoms with Crippen LogP contribution in [0.2, 0.25) is 0 Å². The Hall–Kier alpha value is -3.53. The van der Waals surface area contributed by atoms with Gasteiger partial charge in [-0.25, -0.2) is 0 Å². The third-order valence-corrected chi connectivity index (χ3v) is 4.51. The number of nitrogens with one attached hydrogen (secondary N) is 2. The van der Waals surface area contributed by atoms with Crippen LogP contribution in [0.25, 0.3) is 28.2 Å². The van der Waals surface area contributed by atoms with E-state index in [2.05, 4.69) is 10.3 Å². The Bertz CT molecular complexity index is 1150. The lowest BCUT2D eigenvalue weighted by molar-refractivity contribution is -0.137. The van der Waals surface area contributed by atoms with Gasteiger partial charge in [0.2, 0.25) is 5.91 Å². The SMILES string of the molecule is N#C/C=C\c1ccc2c(c1)-c1[nH]c3ccc(C(F)(F)F)cc3c1CC(=O)N2. The highest BCUT2D eigenvalue weighted by Crippen LogP contribution is 2.40. The van der Waals surface area contributed by atoms with Gasteiger partial charge in [-0.2, -0.15) is 18.4 Å². The van der Waals surface area contributed by atoms with Crippen molar-refractivity contribution in [3.05, 3.63) is 59.2 Å². The van der Waals surface area contributed by atoms with Crippen LogP contribution < -0.4 is 5.32 Å². The maximum atomic E-state index is 13.1. The summed E-state index contributed by atoms with van der Waals surface area (Å²) in [5, 5.41) is 11.9. The number of fused-ring (bicyclic) bond motifs is 5. The van der Waals surface area contributed by atoms with Crippen molar-refractivity contribution in [2.24, 2.45) is 0 Å². The summed E-state index contributed by atoms with van der Waals surface area (Å²) in [5.74, 6) is -0.298. The maximum absolute atomic E-state index is 13.1. The molecule has 2 heterocycles. The number of amides is 1. The molecule has 4 rings (SSSR count). The van der Waals surface area contributed by atoms with Gasteiger partial charge in [-0.05, 0) is 47.5 Å². The number of hydrogen-bond acceptors (Lipinski definition) is 2. The van der Waals surface area contributed by atoms with Crippen molar-refractivity contribution < 1.29 is 18.0 Å². The number of anilines is 1. The van der Waals surface area contributed by atoms with Gasteiger partial charge < -0.3 is 10.3 Å². The summed E-state index contributed by atoms with van der Waals surface area (Å²) in [6.45, 7) is 0. The molecule has 2 N–H and O–H groups in total. The summed E-state index contributed by atoms with van der Waals surface area (Å²) < 4.78 is 39.3. The van der Waals surface area contributed by atoms with Gasteiger partial charge in [0.1, 0.15) is 0 Å². The van der Waals surface area contributed by atoms with E-state index in [1.807, 2.05) is 6.07 Å². The Morgan fingerprint density at radius 1 is 1.15 bits per heavy atom. The number of aromatic amines is 1. The van der Waals surface area contributed by atoms with Gasteiger partial charge in [0.15, 0.2) is 0 Å². The normalized spacial score (nSPS) is 13.8. The lowest BCUT2D eigenvalue weighted by Gasteiger charge is -2.08. The second-order valence-corrected chi connectivity index (χ2v) is 6.23. The fourth-order valence-electron chi connectivity index (χ4n) is 3.31. The Morgan fingerprint density at radius 2 is 1.96 bits per heavy atom. The molecule has 1 amide bonds. The number of allylic oxidation sites excluding steroid dienone is 1. The first-order chi connectivity index (χ1) is 12.9. The van der Waals surface area contributed by atoms with E-state index in [4.69, 9.17) is 5.26 Å². The molecule has 0 bridgehead atoms. The number of rotatable bonds is 1. The average molecular weight is 367 g/mol. The first-order valence-electron chi connectivity index (χ1n) is 8.09. The van der Waals surface area contributed by atoms with Crippen molar-refractivity contribution in [1.29, 1.82) is 5.26 Å². The molecule has 27 heavy (non-hydrogen) atoms. The molecule has 0 atom stereocenters. The van der Waals surface area contributed by atoms with Crippen LogP contribution in [-0.4, -0.2) is 10.9 Å². The van der Waals surface area contributed by atoms with E-state index in [9.17, 15) is 18.0 Å². The van der Waals surface area contributed by atoms with Crippen molar-refractivity contribution >= 4 is 28.6 Å². The monoisotopic (exact) mass is 367 g/mol. The number of aromatic nitrogens is 1. The molecule has 3 aromatic rings. The smallest absolute Gasteiger partial charge is 0.354 e. The van der Waals surface area contributed by atoms with Crippen molar-refractivity contribution in [1.82, 2.24) is 4.98 Å². The van der Waals surface area contributed by atoms with Gasteiger partial charge >= 0.3 is 6.18 Å². The fourth-order valence-corrected chi connectivity index (χ4v) is 3.31. The number of nitriles is 1. The first-order valence-corrected chi connectivity index (χ1v) is 8.09. The highest BCUT2D eigenvalue weighted by atomic mass is 19.4. The van der Waals surface area contributed by atoms with E-state index in [0.717, 1.165) is 17.7 Å². The minimum atomic E-state index is -4.46. The molecule has 1 aliphatic heterocycles. The van der Waals surface area contributed by atoms with Gasteiger partial charge in [-0.3, -0.25) is 4.79 Å². The second-order valence-electron chi connectivity index (χ2n) is 6.23. The Labute approximate surface area is 151 Å². The molecule has 4 nitrogen and oxygen atoms in total. The Morgan fingerprint density at radius 3 is 2.70 bits per heavy atom. The first kappa shape index (κ1) is 16.9. The topological polar surface area (TPSA) is 68.7 Å². The van der Waals surface area contributed by atoms with Gasteiger partial charge in [-0.1, -0.05) is 6.07 Å². The fraction of sp³-hybridized carbons (Fsp3) is 0.100. The molecular formula is C20H12F3N3O. The molecule has 0 fully saturated rings. The van der Waals surface area contributed by atoms with Crippen molar-refractivity contribution in [2.45, 2.75) is 12.6 Å². The zero-order valence-electron chi connectivity index (χ0n) is 13.8. The largest absolute Gasteiger partial charge is 0.416 e. The molecule has 0 spiro atoms. The molecule has 0 saturated carbocycles. The number of benzene rings is 2. The van der Waals surface area contributed by atoms with Crippen LogP contribution in [-0.2, 0) is 17.4 Å². The number of alkyl halides is 3. The summed E-state index contributed by atoms with van der Waals surface area (Å²) in [6.07, 6.45) is -1.54. The third kappa shape index (κ3) is 2.95. The third-order valence-electron chi connectivity index (χ3n) is 4.51. The minimum Gasteiger partial charge on any atom is -0.354 e. The highest BCUT2D eigenvalue weighted by Gasteiger charge is 2.32. The average Bonchev–Trinajstić information content (AvgIpc) is 2.90. The van der Waals surface area contributed by atoms with Crippen LogP contribution in [0, 0.1) is 11.3 Å². The number of nitrogens with zero attached hydrogens (tertiary/aromatic N) is 1. The van der Waals surface area contributed by atoms with Crippen LogP contribution in [0.5, 0.6) is 0 Å². The Kier molecular flexibility index (Phi) is 3.77. The highest BCUT2D eigenvalue weighted by molar-refractivity contribution is 6.05. The molecule has 1 aliphatic rings. The standard InChI is InChI=1S/C20H12F3N3O/c21-20(22,23)12-4-6-16-13(9-12)14-10-18(27)25-17-5-3-11(2-1-7-24)8-15(17)19(14)26-16/h1-6,8-9,26H,10H2,(H,25,27)/b2-1-. The quantitative estimate of drug-likeness (QED) is 0.602. The van der Waals surface area contributed by atoms with Gasteiger partial charge in [0, 0.05) is 22.5 Å². The summed E-state index contributed by atoms with van der Waals surface area (Å²) >= 11 is 0. The van der Waals surface area contributed by atoms with Gasteiger partial charge in [0.25, 0.3) is 0 Å². The van der Waals surface area contributed by atoms with Crippen molar-refractivity contribution in [3.63, 3.8) is 0 Å². The molecule has 0 unspecified atom stereocenters. The molecule has 0 saturated heterocycles. The summed E-state index contributed by atoms with van der Waals surface area (Å²) in [6, 6.07) is 10.6. The predicted octanol–water partition coefficient (Wildman–Crippen LogP) is 4.89. The number of carbonyl (C=O) groups excluding carboxylic acids is 1. The van der Waals surface area contributed by atoms with Crippen LogP contribution in [0.15, 0.2) is 42.5 Å². The van der Waals surface area contributed by atoms with E-state index >= 15 is 0 Å². The van der Waals surface area contributed by atoms with E-state index < -0.39 is 11.7 Å². The molecule has 0 radical (unpaired) electrons. The summed E-state index contributed by atoms with van der Waals surface area (Å²) in [7, 11) is 0. The van der Waals surface area contributed by atoms with Crippen LogP contribution in [0.3, 0.4) is 0 Å². The molecular weight excluding hydrogens is 355 g/mol. The van der Waals surface area contributed by atoms with E-state index in [1.54, 1.807) is 24.3 Å². The predicted molar refractivity (Wildman–Crippen MR) is 95.7 cm³/mol. The number of halogens is 3. The molecule has 134 valence electrons. The molecule has 7 heteroatoms. The van der Waals surface area contributed by atoms with Gasteiger partial charge in [-0.15, -0.1) is 0 Å². The van der Waals surface area contributed by atoms with Crippen molar-refractivity contribution in [2.75, 3.05) is 5.32 Å². The number of H-pyrrole nitrogens is 1. The maximum Gasteiger partial charge on any atom is 0.416 e. The summed E-state index contributed by atoms with van der Waals surface area (Å²) in [5.41, 5.74) is 2.88. The van der Waals surface area contributed by atoms with E-state index in [1.165, 1.54) is 12.1 Å². The summed E-state index contributed by atoms with van der Waals surface area (Å²) in [4.78, 5) is 15.4. The van der Waals surface area contributed by atoms with Crippen LogP contribution in [0.1, 0.15) is 16.7 Å². The molecule has 1 aromatic heterocycles. The molecule has 2 aromatic carbocycles. The minimum absolute atomic E-state index is 0.0330. The van der Waals surface area contributed by atoms with Gasteiger partial charge in [0.05, 0.1) is 29.4 Å². The van der Waals surface area contributed by atoms with Crippen LogP contribution >= 0.6 is 0 Å². The zero-order chi connectivity index (χ0) is 19.2. The van der Waals surface area contributed by atoms with Crippen LogP contribution in [0.4, 0.5) is 18.9 Å². The second kappa shape index (κ2) is 6.02. The van der Waals surface area contributed by atoms with Crippen molar-refractivity contribution in [3.8, 4) is 17.3 Å². The molecule has 0 aliphatic carbocycles. The number of carbonyl (C=O) groups is 1. The Balaban J connectivity index is 1.97. The number of hydrogen-bond donors (Lipinski definition) is 2. The van der Waals surface area contributed by atoms with E-state index in [-0.39, 0.29) is 12.3 Å².